The molecular formula is C16H22N4O2. The van der Waals surface area contributed by atoms with Crippen molar-refractivity contribution in [2.24, 2.45) is 0 Å². The van der Waals surface area contributed by atoms with Crippen molar-refractivity contribution < 1.29 is 9.15 Å². The standard InChI is InChI=1S/C16H22N4O2/c1-11(2)16-19-18-15(22-16)10-21-13-8-20(9-13)12(3)14-6-4-5-7-17-14/h4-7,11-13H,8-10H2,1-3H3. The molecule has 0 saturated carbocycles. The minimum Gasteiger partial charge on any atom is -0.422 e. The van der Waals surface area contributed by atoms with Gasteiger partial charge in [0.05, 0.1) is 11.8 Å². The van der Waals surface area contributed by atoms with Crippen LogP contribution in [0.3, 0.4) is 0 Å². The van der Waals surface area contributed by atoms with Crippen LogP contribution in [0.2, 0.25) is 0 Å². The van der Waals surface area contributed by atoms with Crippen LogP contribution in [-0.4, -0.2) is 39.3 Å². The molecule has 0 radical (unpaired) electrons. The van der Waals surface area contributed by atoms with Crippen LogP contribution in [-0.2, 0) is 11.3 Å². The molecule has 1 aliphatic heterocycles. The number of nitrogens with zero attached hydrogens (tertiary/aromatic N) is 4. The van der Waals surface area contributed by atoms with E-state index in [0.29, 0.717) is 24.4 Å². The second-order valence-corrected chi connectivity index (χ2v) is 6.01. The van der Waals surface area contributed by atoms with Crippen LogP contribution in [0.25, 0.3) is 0 Å². The lowest BCUT2D eigenvalue weighted by Gasteiger charge is -2.42. The predicted octanol–water partition coefficient (Wildman–Crippen LogP) is 2.55. The van der Waals surface area contributed by atoms with E-state index in [1.807, 2.05) is 32.2 Å². The van der Waals surface area contributed by atoms with E-state index in [2.05, 4.69) is 33.1 Å². The Morgan fingerprint density at radius 1 is 1.27 bits per heavy atom. The Balaban J connectivity index is 1.44. The number of hydrogen-bond acceptors (Lipinski definition) is 6. The van der Waals surface area contributed by atoms with Crippen molar-refractivity contribution in [1.82, 2.24) is 20.1 Å². The summed E-state index contributed by atoms with van der Waals surface area (Å²) < 4.78 is 11.4. The monoisotopic (exact) mass is 302 g/mol. The van der Waals surface area contributed by atoms with Crippen LogP contribution in [0.15, 0.2) is 28.8 Å². The number of hydrogen-bond donors (Lipinski definition) is 0. The zero-order chi connectivity index (χ0) is 15.5. The molecule has 3 rings (SSSR count). The fourth-order valence-electron chi connectivity index (χ4n) is 2.45. The van der Waals surface area contributed by atoms with Gasteiger partial charge < -0.3 is 9.15 Å². The van der Waals surface area contributed by atoms with Gasteiger partial charge >= 0.3 is 0 Å². The molecule has 118 valence electrons. The number of pyridine rings is 1. The maximum absolute atomic E-state index is 5.82. The van der Waals surface area contributed by atoms with Gasteiger partial charge in [0.2, 0.25) is 11.8 Å². The van der Waals surface area contributed by atoms with E-state index in [-0.39, 0.29) is 12.0 Å². The Morgan fingerprint density at radius 2 is 2.09 bits per heavy atom. The first kappa shape index (κ1) is 15.1. The molecule has 0 spiro atoms. The van der Waals surface area contributed by atoms with Gasteiger partial charge in [-0.1, -0.05) is 19.9 Å². The van der Waals surface area contributed by atoms with Crippen molar-refractivity contribution in [2.75, 3.05) is 13.1 Å². The first-order valence-corrected chi connectivity index (χ1v) is 7.72. The Labute approximate surface area is 130 Å². The van der Waals surface area contributed by atoms with Crippen LogP contribution >= 0.6 is 0 Å². The fourth-order valence-corrected chi connectivity index (χ4v) is 2.45. The van der Waals surface area contributed by atoms with Gasteiger partial charge in [-0.15, -0.1) is 10.2 Å². The maximum atomic E-state index is 5.82. The van der Waals surface area contributed by atoms with E-state index < -0.39 is 0 Å². The van der Waals surface area contributed by atoms with Crippen molar-refractivity contribution in [3.63, 3.8) is 0 Å². The molecule has 1 fully saturated rings. The second kappa shape index (κ2) is 6.54. The minimum absolute atomic E-state index is 0.223. The normalized spacial score (nSPS) is 17.6. The SMILES string of the molecule is CC(C)c1nnc(COC2CN(C(C)c3ccccn3)C2)o1. The minimum atomic E-state index is 0.223. The van der Waals surface area contributed by atoms with Crippen molar-refractivity contribution in [3.05, 3.63) is 41.9 Å². The van der Waals surface area contributed by atoms with Crippen molar-refractivity contribution in [1.29, 1.82) is 0 Å². The smallest absolute Gasteiger partial charge is 0.242 e. The van der Waals surface area contributed by atoms with Gasteiger partial charge in [-0.2, -0.15) is 0 Å². The van der Waals surface area contributed by atoms with Crippen LogP contribution in [0.4, 0.5) is 0 Å². The lowest BCUT2D eigenvalue weighted by atomic mass is 10.1. The van der Waals surface area contributed by atoms with Gasteiger partial charge in [0.15, 0.2) is 0 Å². The first-order chi connectivity index (χ1) is 10.6. The molecule has 0 bridgehead atoms. The highest BCUT2D eigenvalue weighted by atomic mass is 16.5. The summed E-state index contributed by atoms with van der Waals surface area (Å²) in [7, 11) is 0. The quantitative estimate of drug-likeness (QED) is 0.817. The molecule has 0 N–H and O–H groups in total. The molecular weight excluding hydrogens is 280 g/mol. The van der Waals surface area contributed by atoms with Gasteiger partial charge in [0.1, 0.15) is 6.61 Å². The van der Waals surface area contributed by atoms with Crippen molar-refractivity contribution >= 4 is 0 Å². The fraction of sp³-hybridized carbons (Fsp3) is 0.562. The summed E-state index contributed by atoms with van der Waals surface area (Å²) in [4.78, 5) is 6.75. The van der Waals surface area contributed by atoms with Crippen LogP contribution < -0.4 is 0 Å². The lowest BCUT2D eigenvalue weighted by Crippen LogP contribution is -2.52. The molecule has 1 aliphatic rings. The molecule has 2 aromatic heterocycles. The Bertz CT molecular complexity index is 593. The number of ether oxygens (including phenoxy) is 1. The van der Waals surface area contributed by atoms with E-state index in [9.17, 15) is 0 Å². The van der Waals surface area contributed by atoms with E-state index in [0.717, 1.165) is 18.8 Å². The molecule has 1 saturated heterocycles. The molecule has 6 nitrogen and oxygen atoms in total. The summed E-state index contributed by atoms with van der Waals surface area (Å²) in [5, 5.41) is 8.01. The highest BCUT2D eigenvalue weighted by Gasteiger charge is 2.32. The Kier molecular flexibility index (Phi) is 4.49. The largest absolute Gasteiger partial charge is 0.422 e. The van der Waals surface area contributed by atoms with Crippen LogP contribution in [0.5, 0.6) is 0 Å². The predicted molar refractivity (Wildman–Crippen MR) is 81.2 cm³/mol. The van der Waals surface area contributed by atoms with Gasteiger partial charge in [-0.3, -0.25) is 9.88 Å². The molecule has 0 aliphatic carbocycles. The van der Waals surface area contributed by atoms with Crippen molar-refractivity contribution in [2.45, 2.75) is 45.4 Å². The van der Waals surface area contributed by atoms with Crippen molar-refractivity contribution in [3.8, 4) is 0 Å². The van der Waals surface area contributed by atoms with E-state index >= 15 is 0 Å². The summed E-state index contributed by atoms with van der Waals surface area (Å²) >= 11 is 0. The third kappa shape index (κ3) is 3.34. The topological polar surface area (TPSA) is 64.3 Å². The third-order valence-electron chi connectivity index (χ3n) is 3.96. The zero-order valence-electron chi connectivity index (χ0n) is 13.3. The molecule has 2 aromatic rings. The van der Waals surface area contributed by atoms with E-state index in [1.54, 1.807) is 0 Å². The summed E-state index contributed by atoms with van der Waals surface area (Å²) in [6.07, 6.45) is 2.06. The van der Waals surface area contributed by atoms with Gasteiger partial charge in [0, 0.05) is 31.2 Å². The number of rotatable bonds is 6. The molecule has 1 unspecified atom stereocenters. The summed E-state index contributed by atoms with van der Waals surface area (Å²) in [5.41, 5.74) is 1.10. The molecule has 0 amide bonds. The van der Waals surface area contributed by atoms with Gasteiger partial charge in [-0.25, -0.2) is 0 Å². The number of aromatic nitrogens is 3. The molecule has 6 heteroatoms. The Hall–Kier alpha value is -1.79. The zero-order valence-corrected chi connectivity index (χ0v) is 13.3. The van der Waals surface area contributed by atoms with Crippen LogP contribution in [0, 0.1) is 0 Å². The molecule has 1 atom stereocenters. The average molecular weight is 302 g/mol. The van der Waals surface area contributed by atoms with Gasteiger partial charge in [0.25, 0.3) is 0 Å². The highest BCUT2D eigenvalue weighted by Crippen LogP contribution is 2.25. The van der Waals surface area contributed by atoms with E-state index in [1.165, 1.54) is 0 Å². The summed E-state index contributed by atoms with van der Waals surface area (Å²) in [6.45, 7) is 8.43. The Morgan fingerprint density at radius 3 is 2.73 bits per heavy atom. The third-order valence-corrected chi connectivity index (χ3v) is 3.96. The second-order valence-electron chi connectivity index (χ2n) is 6.01. The maximum Gasteiger partial charge on any atom is 0.242 e. The van der Waals surface area contributed by atoms with Gasteiger partial charge in [-0.05, 0) is 19.1 Å². The summed E-state index contributed by atoms with van der Waals surface area (Å²) in [5.74, 6) is 1.47. The molecule has 22 heavy (non-hydrogen) atoms. The van der Waals surface area contributed by atoms with E-state index in [4.69, 9.17) is 9.15 Å². The summed E-state index contributed by atoms with van der Waals surface area (Å²) in [6, 6.07) is 6.34. The lowest BCUT2D eigenvalue weighted by molar-refractivity contribution is -0.0828. The number of likely N-dealkylation sites (tertiary alicyclic amines) is 1. The molecule has 3 heterocycles. The van der Waals surface area contributed by atoms with Crippen LogP contribution in [0.1, 0.15) is 50.2 Å². The molecule has 0 aromatic carbocycles. The first-order valence-electron chi connectivity index (χ1n) is 7.72. The average Bonchev–Trinajstić information content (AvgIpc) is 2.95. The highest BCUT2D eigenvalue weighted by molar-refractivity contribution is 5.09.